The summed E-state index contributed by atoms with van der Waals surface area (Å²) in [7, 11) is 0. The number of esters is 3. The standard InChI is InChI=1S/C65H102O6/c1-4-7-10-13-16-19-22-25-28-31-34-37-40-43-46-49-52-55-58-64(67)70-61-62(60-69-63(66)57-54-51-48-45-42-39-36-33-30-27-24-21-18-15-12-9-6-3)71-65(68)59-56-53-50-47-44-41-38-35-32-29-26-23-20-17-14-11-8-5-2/h9,12,15-16,18-19,21-22,24-25,27-39,42,62H,4-8,10-11,13-14,17,20,23,26,40-41,43-61H2,1-3H3/b12-9-,18-15-,19-16-,24-21-,25-22-,30-27-,31-28-,32-29-,36-33+,37-34-,38-35-,42-39-. The van der Waals surface area contributed by atoms with E-state index in [-0.39, 0.29) is 37.5 Å². The molecule has 0 aromatic carbocycles. The zero-order valence-corrected chi connectivity index (χ0v) is 45.4. The number of carbonyl (C=O) groups excluding carboxylic acids is 3. The van der Waals surface area contributed by atoms with Crippen molar-refractivity contribution in [2.45, 2.75) is 232 Å². The van der Waals surface area contributed by atoms with Crippen molar-refractivity contribution in [3.63, 3.8) is 0 Å². The minimum atomic E-state index is -0.822. The van der Waals surface area contributed by atoms with Crippen molar-refractivity contribution in [2.75, 3.05) is 13.2 Å². The molecular formula is C65H102O6. The fraction of sp³-hybridized carbons (Fsp3) is 0.585. The van der Waals surface area contributed by atoms with Crippen LogP contribution in [0.4, 0.5) is 0 Å². The number of hydrogen-bond acceptors (Lipinski definition) is 6. The maximum atomic E-state index is 12.9. The van der Waals surface area contributed by atoms with Gasteiger partial charge in [-0.15, -0.1) is 0 Å². The summed E-state index contributed by atoms with van der Waals surface area (Å²) < 4.78 is 16.8. The Morgan fingerprint density at radius 2 is 0.549 bits per heavy atom. The first-order chi connectivity index (χ1) is 35.0. The van der Waals surface area contributed by atoms with Crippen molar-refractivity contribution in [1.82, 2.24) is 0 Å². The normalized spacial score (nSPS) is 13.2. The second-order valence-electron chi connectivity index (χ2n) is 18.4. The third kappa shape index (κ3) is 56.1. The fourth-order valence-corrected chi connectivity index (χ4v) is 7.30. The van der Waals surface area contributed by atoms with E-state index in [0.29, 0.717) is 12.8 Å². The lowest BCUT2D eigenvalue weighted by atomic mass is 10.1. The summed E-state index contributed by atoms with van der Waals surface area (Å²) in [5.41, 5.74) is 0. The van der Waals surface area contributed by atoms with Crippen molar-refractivity contribution in [2.24, 2.45) is 0 Å². The molecule has 0 aromatic heterocycles. The molecule has 0 aromatic rings. The molecule has 71 heavy (non-hydrogen) atoms. The Balaban J connectivity index is 4.59. The van der Waals surface area contributed by atoms with E-state index in [4.69, 9.17) is 14.2 Å². The van der Waals surface area contributed by atoms with Gasteiger partial charge in [0, 0.05) is 19.3 Å². The quantitative estimate of drug-likeness (QED) is 0.0262. The van der Waals surface area contributed by atoms with Crippen LogP contribution in [0, 0.1) is 0 Å². The molecule has 0 saturated carbocycles. The number of rotatable bonds is 49. The Bertz CT molecular complexity index is 1590. The van der Waals surface area contributed by atoms with Crippen LogP contribution in [-0.2, 0) is 28.6 Å². The molecule has 0 heterocycles. The lowest BCUT2D eigenvalue weighted by molar-refractivity contribution is -0.167. The molecule has 398 valence electrons. The molecule has 0 amide bonds. The topological polar surface area (TPSA) is 78.9 Å². The van der Waals surface area contributed by atoms with Crippen LogP contribution >= 0.6 is 0 Å². The van der Waals surface area contributed by atoms with Crippen molar-refractivity contribution < 1.29 is 28.6 Å². The van der Waals surface area contributed by atoms with Crippen LogP contribution < -0.4 is 0 Å². The maximum Gasteiger partial charge on any atom is 0.306 e. The van der Waals surface area contributed by atoms with E-state index in [2.05, 4.69) is 106 Å². The monoisotopic (exact) mass is 979 g/mol. The average molecular weight is 980 g/mol. The van der Waals surface area contributed by atoms with Gasteiger partial charge in [-0.25, -0.2) is 0 Å². The minimum absolute atomic E-state index is 0.117. The highest BCUT2D eigenvalue weighted by atomic mass is 16.6. The SMILES string of the molecule is CC\C=C/C=C\C=C/C=C\C=C\C=C/CCCCCC(=O)OCC(COC(=O)CCCCCCC\C=C/C=C\C=C/C=C\CCCCC)OC(=O)CCCCCCC/C=C\C=C/CCCCCCCCC. The second kappa shape index (κ2) is 57.9. The van der Waals surface area contributed by atoms with Gasteiger partial charge in [-0.2, -0.15) is 0 Å². The molecule has 0 N–H and O–H groups in total. The van der Waals surface area contributed by atoms with Crippen LogP contribution in [0.15, 0.2) is 146 Å². The highest BCUT2D eigenvalue weighted by Crippen LogP contribution is 2.13. The molecule has 0 radical (unpaired) electrons. The lowest BCUT2D eigenvalue weighted by Crippen LogP contribution is -2.30. The van der Waals surface area contributed by atoms with Gasteiger partial charge in [0.15, 0.2) is 6.10 Å². The molecule has 1 atom stereocenters. The van der Waals surface area contributed by atoms with Gasteiger partial charge in [-0.1, -0.05) is 263 Å². The van der Waals surface area contributed by atoms with Gasteiger partial charge in [-0.05, 0) is 89.9 Å². The van der Waals surface area contributed by atoms with Crippen LogP contribution in [0.1, 0.15) is 226 Å². The lowest BCUT2D eigenvalue weighted by Gasteiger charge is -2.18. The molecule has 0 aliphatic heterocycles. The van der Waals surface area contributed by atoms with Crippen molar-refractivity contribution in [3.8, 4) is 0 Å². The molecule has 6 nitrogen and oxygen atoms in total. The molecule has 0 bridgehead atoms. The van der Waals surface area contributed by atoms with Crippen LogP contribution in [0.5, 0.6) is 0 Å². The Hall–Kier alpha value is -4.71. The predicted molar refractivity (Wildman–Crippen MR) is 306 cm³/mol. The Morgan fingerprint density at radius 3 is 0.915 bits per heavy atom. The Labute approximate surface area is 436 Å². The number of carbonyl (C=O) groups is 3. The predicted octanol–water partition coefficient (Wildman–Crippen LogP) is 19.2. The van der Waals surface area contributed by atoms with Crippen LogP contribution in [0.25, 0.3) is 0 Å². The van der Waals surface area contributed by atoms with Crippen molar-refractivity contribution in [1.29, 1.82) is 0 Å². The van der Waals surface area contributed by atoms with Crippen molar-refractivity contribution in [3.05, 3.63) is 146 Å². The molecule has 1 unspecified atom stereocenters. The first-order valence-corrected chi connectivity index (χ1v) is 28.5. The van der Waals surface area contributed by atoms with Crippen LogP contribution in [0.3, 0.4) is 0 Å². The summed E-state index contributed by atoms with van der Waals surface area (Å²) in [5, 5.41) is 0. The van der Waals surface area contributed by atoms with E-state index in [1.165, 1.54) is 70.6 Å². The number of hydrogen-bond donors (Lipinski definition) is 0. The van der Waals surface area contributed by atoms with Gasteiger partial charge in [0.05, 0.1) is 0 Å². The summed E-state index contributed by atoms with van der Waals surface area (Å²) >= 11 is 0. The van der Waals surface area contributed by atoms with Crippen LogP contribution in [0.2, 0.25) is 0 Å². The molecule has 0 rings (SSSR count). The Kier molecular flexibility index (Phi) is 54.0. The first kappa shape index (κ1) is 66.3. The van der Waals surface area contributed by atoms with E-state index in [0.717, 1.165) is 116 Å². The van der Waals surface area contributed by atoms with Gasteiger partial charge < -0.3 is 14.2 Å². The Morgan fingerprint density at radius 1 is 0.296 bits per heavy atom. The molecule has 0 spiro atoms. The molecule has 0 saturated heterocycles. The van der Waals surface area contributed by atoms with Crippen molar-refractivity contribution >= 4 is 17.9 Å². The third-order valence-electron chi connectivity index (χ3n) is 11.6. The molecule has 6 heteroatoms. The smallest absolute Gasteiger partial charge is 0.306 e. The highest BCUT2D eigenvalue weighted by molar-refractivity contribution is 5.71. The zero-order valence-electron chi connectivity index (χ0n) is 45.4. The first-order valence-electron chi connectivity index (χ1n) is 28.5. The van der Waals surface area contributed by atoms with Crippen LogP contribution in [-0.4, -0.2) is 37.2 Å². The van der Waals surface area contributed by atoms with Gasteiger partial charge in [-0.3, -0.25) is 14.4 Å². The molecular weight excluding hydrogens is 877 g/mol. The van der Waals surface area contributed by atoms with Gasteiger partial charge >= 0.3 is 17.9 Å². The van der Waals surface area contributed by atoms with Gasteiger partial charge in [0.2, 0.25) is 0 Å². The van der Waals surface area contributed by atoms with E-state index >= 15 is 0 Å². The third-order valence-corrected chi connectivity index (χ3v) is 11.6. The summed E-state index contributed by atoms with van der Waals surface area (Å²) in [6.07, 6.45) is 82.5. The zero-order chi connectivity index (χ0) is 51.4. The number of allylic oxidation sites excluding steroid dienone is 24. The fourth-order valence-electron chi connectivity index (χ4n) is 7.30. The number of unbranched alkanes of at least 4 members (excludes halogenated alkanes) is 23. The molecule has 0 fully saturated rings. The second-order valence-corrected chi connectivity index (χ2v) is 18.4. The minimum Gasteiger partial charge on any atom is -0.462 e. The maximum absolute atomic E-state index is 12.9. The summed E-state index contributed by atoms with van der Waals surface area (Å²) in [5.74, 6) is -1.00. The van der Waals surface area contributed by atoms with E-state index < -0.39 is 6.10 Å². The highest BCUT2D eigenvalue weighted by Gasteiger charge is 2.19. The molecule has 0 aliphatic carbocycles. The summed E-state index contributed by atoms with van der Waals surface area (Å²) in [6, 6.07) is 0. The summed E-state index contributed by atoms with van der Waals surface area (Å²) in [6.45, 7) is 6.37. The van der Waals surface area contributed by atoms with E-state index in [1.54, 1.807) is 0 Å². The van der Waals surface area contributed by atoms with Gasteiger partial charge in [0.25, 0.3) is 0 Å². The largest absolute Gasteiger partial charge is 0.462 e. The average Bonchev–Trinajstić information content (AvgIpc) is 3.37. The van der Waals surface area contributed by atoms with E-state index in [9.17, 15) is 14.4 Å². The molecule has 0 aliphatic rings. The summed E-state index contributed by atoms with van der Waals surface area (Å²) in [4.78, 5) is 38.2. The number of ether oxygens (including phenoxy) is 3. The van der Waals surface area contributed by atoms with E-state index in [1.807, 2.05) is 60.8 Å². The van der Waals surface area contributed by atoms with Gasteiger partial charge in [0.1, 0.15) is 13.2 Å².